The third kappa shape index (κ3) is 3.78. The molecule has 27 heavy (non-hydrogen) atoms. The molecule has 142 valence electrons. The highest BCUT2D eigenvalue weighted by atomic mass is 35.5. The number of piperazine rings is 1. The maximum absolute atomic E-state index is 12.1. The molecule has 3 heterocycles. The summed E-state index contributed by atoms with van der Waals surface area (Å²) in [4.78, 5) is 6.70. The van der Waals surface area contributed by atoms with Gasteiger partial charge < -0.3 is 4.90 Å². The van der Waals surface area contributed by atoms with Crippen molar-refractivity contribution in [3.05, 3.63) is 53.3 Å². The van der Waals surface area contributed by atoms with Gasteiger partial charge in [-0.15, -0.1) is 0 Å². The van der Waals surface area contributed by atoms with E-state index in [9.17, 15) is 8.42 Å². The normalized spacial score (nSPS) is 18.9. The minimum absolute atomic E-state index is 0.0218. The predicted molar refractivity (Wildman–Crippen MR) is 107 cm³/mol. The molecule has 1 saturated heterocycles. The van der Waals surface area contributed by atoms with Crippen molar-refractivity contribution in [2.75, 3.05) is 30.8 Å². The van der Waals surface area contributed by atoms with E-state index in [0.29, 0.717) is 30.3 Å². The van der Waals surface area contributed by atoms with Crippen LogP contribution in [0.2, 0.25) is 5.15 Å². The average Bonchev–Trinajstić information content (AvgIpc) is 3.02. The Balaban J connectivity index is 1.68. The number of aromatic amines is 1. The number of hydrogen-bond acceptors (Lipinski definition) is 5. The van der Waals surface area contributed by atoms with Crippen LogP contribution in [0.3, 0.4) is 0 Å². The molecule has 1 aliphatic heterocycles. The number of hydrogen-bond donors (Lipinski definition) is 1. The molecule has 1 fully saturated rings. The number of anilines is 1. The van der Waals surface area contributed by atoms with Gasteiger partial charge in [-0.1, -0.05) is 41.9 Å². The number of halogens is 1. The first-order valence-electron chi connectivity index (χ1n) is 8.67. The van der Waals surface area contributed by atoms with Crippen molar-refractivity contribution < 1.29 is 8.42 Å². The average molecular weight is 406 g/mol. The molecule has 0 radical (unpaired) electrons. The summed E-state index contributed by atoms with van der Waals surface area (Å²) in [5.74, 6) is 0.778. The van der Waals surface area contributed by atoms with Gasteiger partial charge in [0, 0.05) is 31.1 Å². The van der Waals surface area contributed by atoms with E-state index in [1.54, 1.807) is 10.5 Å². The van der Waals surface area contributed by atoms with Crippen molar-refractivity contribution in [3.63, 3.8) is 0 Å². The number of pyridine rings is 1. The topological polar surface area (TPSA) is 82.2 Å². The van der Waals surface area contributed by atoms with Crippen LogP contribution in [-0.4, -0.2) is 59.8 Å². The van der Waals surface area contributed by atoms with Gasteiger partial charge in [0.05, 0.1) is 12.5 Å². The standard InChI is InChI=1S/C18H20ClN5O2S/c1-27(25,26)23-7-8-24(14(12-23)9-13-5-3-2-4-6-13)17-10-15-16(11-20-17)21-22-18(15)19/h2-6,10-11,14H,7-9,12H2,1H3,(H,21,22)/t14-/m1/s1. The highest BCUT2D eigenvalue weighted by molar-refractivity contribution is 7.88. The highest BCUT2D eigenvalue weighted by Gasteiger charge is 2.32. The van der Waals surface area contributed by atoms with Gasteiger partial charge in [-0.2, -0.15) is 9.40 Å². The van der Waals surface area contributed by atoms with Gasteiger partial charge in [-0.3, -0.25) is 5.10 Å². The Kier molecular flexibility index (Phi) is 4.79. The van der Waals surface area contributed by atoms with E-state index in [1.807, 2.05) is 24.3 Å². The molecule has 0 bridgehead atoms. The van der Waals surface area contributed by atoms with E-state index in [-0.39, 0.29) is 6.04 Å². The molecule has 1 atom stereocenters. The molecule has 0 amide bonds. The zero-order chi connectivity index (χ0) is 19.0. The SMILES string of the molecule is CS(=O)(=O)N1CCN(c2cc3c(Cl)[nH]nc3cn2)[C@H](Cc2ccccc2)C1. The van der Waals surface area contributed by atoms with Crippen LogP contribution >= 0.6 is 11.6 Å². The lowest BCUT2D eigenvalue weighted by atomic mass is 10.0. The molecule has 0 unspecified atom stereocenters. The molecule has 0 saturated carbocycles. The van der Waals surface area contributed by atoms with Crippen LogP contribution in [0.25, 0.3) is 10.9 Å². The third-order valence-electron chi connectivity index (χ3n) is 4.90. The molecule has 0 aliphatic carbocycles. The molecule has 2 aromatic heterocycles. The van der Waals surface area contributed by atoms with E-state index in [1.165, 1.54) is 6.26 Å². The van der Waals surface area contributed by atoms with Crippen molar-refractivity contribution in [2.24, 2.45) is 0 Å². The molecule has 7 nitrogen and oxygen atoms in total. The lowest BCUT2D eigenvalue weighted by molar-refractivity contribution is 0.331. The van der Waals surface area contributed by atoms with Crippen LogP contribution in [0.15, 0.2) is 42.6 Å². The van der Waals surface area contributed by atoms with Gasteiger partial charge in [0.15, 0.2) is 0 Å². The number of benzene rings is 1. The fourth-order valence-corrected chi connectivity index (χ4v) is 4.57. The van der Waals surface area contributed by atoms with Crippen molar-refractivity contribution in [2.45, 2.75) is 12.5 Å². The second-order valence-electron chi connectivity index (χ2n) is 6.76. The Bertz CT molecular complexity index is 1050. The maximum Gasteiger partial charge on any atom is 0.211 e. The van der Waals surface area contributed by atoms with Gasteiger partial charge >= 0.3 is 0 Å². The quantitative estimate of drug-likeness (QED) is 0.720. The summed E-state index contributed by atoms with van der Waals surface area (Å²) < 4.78 is 25.7. The molecule has 0 spiro atoms. The van der Waals surface area contributed by atoms with Crippen LogP contribution in [0.4, 0.5) is 5.82 Å². The van der Waals surface area contributed by atoms with E-state index in [0.717, 1.165) is 23.2 Å². The first-order valence-corrected chi connectivity index (χ1v) is 10.9. The van der Waals surface area contributed by atoms with Crippen LogP contribution in [0, 0.1) is 0 Å². The minimum atomic E-state index is -3.24. The minimum Gasteiger partial charge on any atom is -0.351 e. The fourth-order valence-electron chi connectivity index (χ4n) is 3.52. The Morgan fingerprint density at radius 1 is 1.26 bits per heavy atom. The summed E-state index contributed by atoms with van der Waals surface area (Å²) >= 11 is 6.18. The van der Waals surface area contributed by atoms with E-state index < -0.39 is 10.0 Å². The zero-order valence-corrected chi connectivity index (χ0v) is 16.4. The summed E-state index contributed by atoms with van der Waals surface area (Å²) in [6.07, 6.45) is 3.68. The Morgan fingerprint density at radius 3 is 2.78 bits per heavy atom. The van der Waals surface area contributed by atoms with Gasteiger partial charge in [-0.25, -0.2) is 13.4 Å². The molecule has 1 aromatic carbocycles. The third-order valence-corrected chi connectivity index (χ3v) is 6.46. The Morgan fingerprint density at radius 2 is 2.04 bits per heavy atom. The number of fused-ring (bicyclic) bond motifs is 1. The first-order chi connectivity index (χ1) is 12.9. The monoisotopic (exact) mass is 405 g/mol. The molecular weight excluding hydrogens is 386 g/mol. The molecule has 1 N–H and O–H groups in total. The summed E-state index contributed by atoms with van der Waals surface area (Å²) in [5.41, 5.74) is 1.86. The molecule has 9 heteroatoms. The Labute approximate surface area is 163 Å². The summed E-state index contributed by atoms with van der Waals surface area (Å²) in [5, 5.41) is 8.15. The fraction of sp³-hybridized carbons (Fsp3) is 0.333. The summed E-state index contributed by atoms with van der Waals surface area (Å²) in [7, 11) is -3.24. The number of sulfonamides is 1. The lowest BCUT2D eigenvalue weighted by Crippen LogP contribution is -2.55. The summed E-state index contributed by atoms with van der Waals surface area (Å²) in [6, 6.07) is 12.0. The number of H-pyrrole nitrogens is 1. The highest BCUT2D eigenvalue weighted by Crippen LogP contribution is 2.27. The van der Waals surface area contributed by atoms with Crippen LogP contribution in [0.1, 0.15) is 5.56 Å². The lowest BCUT2D eigenvalue weighted by Gasteiger charge is -2.41. The van der Waals surface area contributed by atoms with Crippen LogP contribution in [-0.2, 0) is 16.4 Å². The van der Waals surface area contributed by atoms with Crippen molar-refractivity contribution in [1.29, 1.82) is 0 Å². The van der Waals surface area contributed by atoms with Crippen molar-refractivity contribution >= 4 is 38.3 Å². The van der Waals surface area contributed by atoms with Gasteiger partial charge in [0.25, 0.3) is 0 Å². The smallest absolute Gasteiger partial charge is 0.211 e. The zero-order valence-electron chi connectivity index (χ0n) is 14.8. The van der Waals surface area contributed by atoms with E-state index in [2.05, 4.69) is 32.2 Å². The number of nitrogens with one attached hydrogen (secondary N) is 1. The van der Waals surface area contributed by atoms with Gasteiger partial charge in [0.2, 0.25) is 10.0 Å². The predicted octanol–water partition coefficient (Wildman–Crippen LogP) is 2.30. The number of aromatic nitrogens is 3. The Hall–Kier alpha value is -2.16. The number of rotatable bonds is 4. The van der Waals surface area contributed by atoms with Gasteiger partial charge in [0.1, 0.15) is 16.5 Å². The number of nitrogens with zero attached hydrogens (tertiary/aromatic N) is 4. The molecule has 1 aliphatic rings. The maximum atomic E-state index is 12.1. The largest absolute Gasteiger partial charge is 0.351 e. The molecule has 3 aromatic rings. The molecule has 4 rings (SSSR count). The van der Waals surface area contributed by atoms with Crippen LogP contribution < -0.4 is 4.90 Å². The van der Waals surface area contributed by atoms with Crippen LogP contribution in [0.5, 0.6) is 0 Å². The first kappa shape index (κ1) is 18.2. The van der Waals surface area contributed by atoms with Gasteiger partial charge in [-0.05, 0) is 18.1 Å². The van der Waals surface area contributed by atoms with E-state index >= 15 is 0 Å². The second-order valence-corrected chi connectivity index (χ2v) is 9.12. The second kappa shape index (κ2) is 7.10. The summed E-state index contributed by atoms with van der Waals surface area (Å²) in [6.45, 7) is 1.42. The van der Waals surface area contributed by atoms with E-state index in [4.69, 9.17) is 11.6 Å². The molecular formula is C18H20ClN5O2S. The van der Waals surface area contributed by atoms with Crippen molar-refractivity contribution in [1.82, 2.24) is 19.5 Å². The van der Waals surface area contributed by atoms with Crippen molar-refractivity contribution in [3.8, 4) is 0 Å².